The van der Waals surface area contributed by atoms with Crippen molar-refractivity contribution in [3.8, 4) is 0 Å². The molecule has 1 heterocycles. The van der Waals surface area contributed by atoms with Gasteiger partial charge in [-0.2, -0.15) is 5.10 Å². The van der Waals surface area contributed by atoms with Crippen LogP contribution in [-0.4, -0.2) is 14.9 Å². The minimum atomic E-state index is 0.159. The van der Waals surface area contributed by atoms with Crippen LogP contribution < -0.4 is 5.73 Å². The molecule has 0 aliphatic heterocycles. The average Bonchev–Trinajstić information content (AvgIpc) is 2.76. The summed E-state index contributed by atoms with van der Waals surface area (Å²) in [7, 11) is 0. The van der Waals surface area contributed by atoms with Gasteiger partial charge >= 0.3 is 0 Å². The first-order valence-electron chi connectivity index (χ1n) is 5.76. The summed E-state index contributed by atoms with van der Waals surface area (Å²) in [6, 6.07) is 2.62. The molecule has 16 heavy (non-hydrogen) atoms. The Morgan fingerprint density at radius 2 is 2.25 bits per heavy atom. The summed E-state index contributed by atoms with van der Waals surface area (Å²) in [6.07, 6.45) is 8.57. The third-order valence-electron chi connectivity index (χ3n) is 2.99. The number of nitrogens with one attached hydrogen (secondary N) is 1. The predicted octanol–water partition coefficient (Wildman–Crippen LogP) is 2.51. The Morgan fingerprint density at radius 1 is 1.50 bits per heavy atom. The van der Waals surface area contributed by atoms with Gasteiger partial charge in [-0.05, 0) is 18.9 Å². The van der Waals surface area contributed by atoms with Gasteiger partial charge in [-0.15, -0.1) is 0 Å². The van der Waals surface area contributed by atoms with Crippen molar-refractivity contribution in [2.24, 2.45) is 5.73 Å². The molecular formula is C11H18N4S. The molecule has 1 saturated carbocycles. The third-order valence-corrected chi connectivity index (χ3v) is 3.74. The van der Waals surface area contributed by atoms with Crippen LogP contribution in [0.2, 0.25) is 0 Å². The summed E-state index contributed by atoms with van der Waals surface area (Å²) >= 11 is 1.33. The van der Waals surface area contributed by atoms with Crippen LogP contribution in [0.3, 0.4) is 0 Å². The van der Waals surface area contributed by atoms with Crippen LogP contribution in [0.1, 0.15) is 43.8 Å². The lowest BCUT2D eigenvalue weighted by Crippen LogP contribution is -2.13. The fraction of sp³-hybridized carbons (Fsp3) is 0.636. The molecule has 1 aliphatic carbocycles. The minimum Gasteiger partial charge on any atom is -0.379 e. The topological polar surface area (TPSA) is 67.7 Å². The monoisotopic (exact) mass is 238 g/mol. The van der Waals surface area contributed by atoms with Gasteiger partial charge in [0.1, 0.15) is 0 Å². The first-order chi connectivity index (χ1) is 7.75. The molecule has 1 fully saturated rings. The molecule has 0 atom stereocenters. The normalized spacial score (nSPS) is 17.5. The van der Waals surface area contributed by atoms with E-state index in [0.29, 0.717) is 11.8 Å². The molecule has 88 valence electrons. The maximum atomic E-state index is 7.15. The molecule has 1 aliphatic rings. The highest BCUT2D eigenvalue weighted by molar-refractivity contribution is 8.13. The summed E-state index contributed by atoms with van der Waals surface area (Å²) < 4.78 is 2.09. The second kappa shape index (κ2) is 5.39. The Labute approximate surface area is 100 Å². The molecule has 0 amide bonds. The Hall–Kier alpha value is -0.970. The second-order valence-corrected chi connectivity index (χ2v) is 5.25. The van der Waals surface area contributed by atoms with Crippen LogP contribution in [0.15, 0.2) is 12.3 Å². The maximum absolute atomic E-state index is 7.15. The van der Waals surface area contributed by atoms with Crippen LogP contribution in [0, 0.1) is 5.41 Å². The summed E-state index contributed by atoms with van der Waals surface area (Å²) in [6.45, 7) is 0. The van der Waals surface area contributed by atoms with Gasteiger partial charge < -0.3 is 5.73 Å². The molecule has 0 spiro atoms. The second-order valence-electron chi connectivity index (χ2n) is 4.23. The van der Waals surface area contributed by atoms with Gasteiger partial charge in [0.25, 0.3) is 0 Å². The van der Waals surface area contributed by atoms with Gasteiger partial charge in [0.2, 0.25) is 0 Å². The Morgan fingerprint density at radius 3 is 2.94 bits per heavy atom. The van der Waals surface area contributed by atoms with Gasteiger partial charge in [0.15, 0.2) is 5.17 Å². The standard InChI is InChI=1S/C11H18N4S/c12-11(13)16-8-9-6-7-15(14-9)10-4-2-1-3-5-10/h6-7,10H,1-5,8H2,(H3,12,13). The van der Waals surface area contributed by atoms with Crippen molar-refractivity contribution >= 4 is 16.9 Å². The number of rotatable bonds is 3. The van der Waals surface area contributed by atoms with Gasteiger partial charge in [0, 0.05) is 11.9 Å². The van der Waals surface area contributed by atoms with Gasteiger partial charge in [-0.25, -0.2) is 0 Å². The lowest BCUT2D eigenvalue weighted by molar-refractivity contribution is 0.328. The van der Waals surface area contributed by atoms with E-state index in [1.54, 1.807) is 0 Å². The summed E-state index contributed by atoms with van der Waals surface area (Å²) in [5.41, 5.74) is 6.32. The summed E-state index contributed by atoms with van der Waals surface area (Å²) in [5, 5.41) is 11.9. The Bertz CT molecular complexity index is 355. The van der Waals surface area contributed by atoms with Gasteiger partial charge in [-0.3, -0.25) is 10.1 Å². The summed E-state index contributed by atoms with van der Waals surface area (Å²) in [5.74, 6) is 0.703. The Balaban J connectivity index is 1.93. The lowest BCUT2D eigenvalue weighted by atomic mass is 9.96. The van der Waals surface area contributed by atoms with Crippen molar-refractivity contribution in [3.05, 3.63) is 18.0 Å². The number of hydrogen-bond acceptors (Lipinski definition) is 3. The third kappa shape index (κ3) is 3.01. The zero-order chi connectivity index (χ0) is 11.4. The van der Waals surface area contributed by atoms with E-state index in [1.807, 2.05) is 6.07 Å². The van der Waals surface area contributed by atoms with Crippen LogP contribution in [0.4, 0.5) is 0 Å². The van der Waals surface area contributed by atoms with Crippen LogP contribution >= 0.6 is 11.8 Å². The van der Waals surface area contributed by atoms with Crippen molar-refractivity contribution in [1.82, 2.24) is 9.78 Å². The van der Waals surface area contributed by atoms with Crippen LogP contribution in [0.25, 0.3) is 0 Å². The van der Waals surface area contributed by atoms with E-state index in [4.69, 9.17) is 11.1 Å². The van der Waals surface area contributed by atoms with Crippen molar-refractivity contribution < 1.29 is 0 Å². The smallest absolute Gasteiger partial charge is 0.151 e. The molecule has 1 aromatic rings. The molecular weight excluding hydrogens is 220 g/mol. The predicted molar refractivity (Wildman–Crippen MR) is 67.6 cm³/mol. The molecule has 0 aromatic carbocycles. The van der Waals surface area contributed by atoms with Gasteiger partial charge in [-0.1, -0.05) is 31.0 Å². The number of hydrogen-bond donors (Lipinski definition) is 2. The first-order valence-corrected chi connectivity index (χ1v) is 6.75. The molecule has 0 bridgehead atoms. The number of thioether (sulfide) groups is 1. The van der Waals surface area contributed by atoms with E-state index in [-0.39, 0.29) is 5.17 Å². The molecule has 0 radical (unpaired) electrons. The number of nitrogens with zero attached hydrogens (tertiary/aromatic N) is 2. The largest absolute Gasteiger partial charge is 0.379 e. The summed E-state index contributed by atoms with van der Waals surface area (Å²) in [4.78, 5) is 0. The molecule has 2 rings (SSSR count). The molecule has 0 saturated heterocycles. The van der Waals surface area contributed by atoms with Crippen molar-refractivity contribution in [3.63, 3.8) is 0 Å². The first kappa shape index (κ1) is 11.5. The molecule has 1 aromatic heterocycles. The van der Waals surface area contributed by atoms with Crippen LogP contribution in [0.5, 0.6) is 0 Å². The lowest BCUT2D eigenvalue weighted by Gasteiger charge is -2.21. The van der Waals surface area contributed by atoms with E-state index < -0.39 is 0 Å². The Kier molecular flexibility index (Phi) is 3.88. The number of nitrogens with two attached hydrogens (primary N) is 1. The number of amidine groups is 1. The fourth-order valence-electron chi connectivity index (χ4n) is 2.16. The van der Waals surface area contributed by atoms with E-state index in [2.05, 4.69) is 16.0 Å². The molecule has 4 nitrogen and oxygen atoms in total. The zero-order valence-corrected chi connectivity index (χ0v) is 10.2. The SMILES string of the molecule is N=C(N)SCc1ccn(C2CCCCC2)n1. The molecule has 3 N–H and O–H groups in total. The van der Waals surface area contributed by atoms with Crippen molar-refractivity contribution in [2.75, 3.05) is 0 Å². The van der Waals surface area contributed by atoms with Crippen molar-refractivity contribution in [1.29, 1.82) is 5.41 Å². The van der Waals surface area contributed by atoms with E-state index in [1.165, 1.54) is 43.9 Å². The molecule has 5 heteroatoms. The quantitative estimate of drug-likeness (QED) is 0.628. The fourth-order valence-corrected chi connectivity index (χ4v) is 2.61. The van der Waals surface area contributed by atoms with Crippen LogP contribution in [-0.2, 0) is 5.75 Å². The highest BCUT2D eigenvalue weighted by Gasteiger charge is 2.15. The highest BCUT2D eigenvalue weighted by Crippen LogP contribution is 2.27. The average molecular weight is 238 g/mol. The van der Waals surface area contributed by atoms with Crippen molar-refractivity contribution in [2.45, 2.75) is 43.9 Å². The molecule has 0 unspecified atom stereocenters. The van der Waals surface area contributed by atoms with E-state index in [9.17, 15) is 0 Å². The highest BCUT2D eigenvalue weighted by atomic mass is 32.2. The van der Waals surface area contributed by atoms with E-state index in [0.717, 1.165) is 5.69 Å². The van der Waals surface area contributed by atoms with Gasteiger partial charge in [0.05, 0.1) is 11.7 Å². The number of aromatic nitrogens is 2. The minimum absolute atomic E-state index is 0.159. The van der Waals surface area contributed by atoms with E-state index >= 15 is 0 Å². The maximum Gasteiger partial charge on any atom is 0.151 e. The zero-order valence-electron chi connectivity index (χ0n) is 9.35.